The van der Waals surface area contributed by atoms with E-state index in [4.69, 9.17) is 9.73 Å². The summed E-state index contributed by atoms with van der Waals surface area (Å²) in [6.07, 6.45) is 2.03. The molecular weight excluding hydrogens is 475 g/mol. The molecule has 158 valence electrons. The molecule has 2 aromatic carbocycles. The van der Waals surface area contributed by atoms with E-state index in [1.165, 1.54) is 11.1 Å². The molecule has 2 aromatic rings. The molecule has 0 radical (unpaired) electrons. The van der Waals surface area contributed by atoms with Crippen molar-refractivity contribution >= 4 is 35.6 Å². The Kier molecular flexibility index (Phi) is 9.39. The number of halogens is 1. The molecule has 29 heavy (non-hydrogen) atoms. The summed E-state index contributed by atoms with van der Waals surface area (Å²) in [7, 11) is 4.31. The number of aryl methyl sites for hydroxylation is 1. The van der Waals surface area contributed by atoms with E-state index in [1.807, 2.05) is 18.2 Å². The van der Waals surface area contributed by atoms with Crippen molar-refractivity contribution in [3.8, 4) is 0 Å². The molecule has 0 atom stereocenters. The molecule has 1 heterocycles. The van der Waals surface area contributed by atoms with Crippen LogP contribution in [0.3, 0.4) is 0 Å². The first-order valence-corrected chi connectivity index (χ1v) is 9.99. The maximum Gasteiger partial charge on any atom is 0.196 e. The van der Waals surface area contributed by atoms with Gasteiger partial charge in [-0.25, -0.2) is 4.99 Å². The Morgan fingerprint density at radius 2 is 1.69 bits per heavy atom. The summed E-state index contributed by atoms with van der Waals surface area (Å²) >= 11 is 0. The number of likely N-dealkylation sites (N-methyl/N-ethyl adjacent to an activating group) is 1. The lowest BCUT2D eigenvalue weighted by molar-refractivity contribution is -0.00492. The van der Waals surface area contributed by atoms with Gasteiger partial charge in [0.05, 0.1) is 6.54 Å². The van der Waals surface area contributed by atoms with Crippen LogP contribution < -0.4 is 10.6 Å². The molecular formula is C23H33IN4O. The van der Waals surface area contributed by atoms with Crippen molar-refractivity contribution in [2.45, 2.75) is 31.8 Å². The fourth-order valence-corrected chi connectivity index (χ4v) is 3.44. The van der Waals surface area contributed by atoms with Gasteiger partial charge < -0.3 is 20.3 Å². The number of ether oxygens (including phenoxy) is 1. The molecule has 1 aliphatic heterocycles. The number of guanidine groups is 1. The highest BCUT2D eigenvalue weighted by Crippen LogP contribution is 2.25. The first-order valence-electron chi connectivity index (χ1n) is 9.99. The molecule has 1 fully saturated rings. The second kappa shape index (κ2) is 11.5. The van der Waals surface area contributed by atoms with Gasteiger partial charge >= 0.3 is 0 Å². The van der Waals surface area contributed by atoms with Crippen molar-refractivity contribution < 1.29 is 4.74 Å². The summed E-state index contributed by atoms with van der Waals surface area (Å²) in [5.74, 6) is 0.805. The molecule has 0 aliphatic carbocycles. The number of nitrogens with zero attached hydrogens (tertiary/aromatic N) is 2. The molecule has 0 saturated carbocycles. The summed E-state index contributed by atoms with van der Waals surface area (Å²) in [5, 5.41) is 7.03. The lowest BCUT2D eigenvalue weighted by Gasteiger charge is -2.43. The zero-order valence-electron chi connectivity index (χ0n) is 17.6. The minimum atomic E-state index is 0. The second-order valence-corrected chi connectivity index (χ2v) is 7.73. The third kappa shape index (κ3) is 6.97. The van der Waals surface area contributed by atoms with Gasteiger partial charge in [0.15, 0.2) is 5.96 Å². The maximum absolute atomic E-state index is 5.59. The van der Waals surface area contributed by atoms with Crippen LogP contribution in [0.5, 0.6) is 0 Å². The van der Waals surface area contributed by atoms with Gasteiger partial charge in [-0.3, -0.25) is 0 Å². The van der Waals surface area contributed by atoms with Gasteiger partial charge in [-0.05, 0) is 51.6 Å². The van der Waals surface area contributed by atoms with Gasteiger partial charge in [0.25, 0.3) is 0 Å². The van der Waals surface area contributed by atoms with Crippen molar-refractivity contribution in [3.05, 3.63) is 65.7 Å². The Hall–Kier alpha value is -1.64. The standard InChI is InChI=1S/C23H32N4O.HI/c1-19-9-11-20(12-10-19)17-24-22(26-21-7-5-4-6-8-21)25-18-23(27(2)3)13-15-28-16-14-23;/h4-12H,13-18H2,1-3H3,(H2,24,25,26);1H. The average Bonchev–Trinajstić information content (AvgIpc) is 2.72. The summed E-state index contributed by atoms with van der Waals surface area (Å²) in [4.78, 5) is 7.16. The number of hydrogen-bond acceptors (Lipinski definition) is 3. The zero-order valence-corrected chi connectivity index (χ0v) is 20.0. The number of aliphatic imine (C=N–C) groups is 1. The summed E-state index contributed by atoms with van der Waals surface area (Å²) in [5.41, 5.74) is 3.58. The highest BCUT2D eigenvalue weighted by Gasteiger charge is 2.34. The van der Waals surface area contributed by atoms with E-state index in [1.54, 1.807) is 0 Å². The van der Waals surface area contributed by atoms with Crippen molar-refractivity contribution in [3.63, 3.8) is 0 Å². The molecule has 0 amide bonds. The lowest BCUT2D eigenvalue weighted by atomic mass is 9.88. The first kappa shape index (κ1) is 23.6. The Morgan fingerprint density at radius 3 is 2.31 bits per heavy atom. The highest BCUT2D eigenvalue weighted by atomic mass is 127. The second-order valence-electron chi connectivity index (χ2n) is 7.73. The molecule has 0 bridgehead atoms. The SMILES string of the molecule is Cc1ccc(CN=C(NCC2(N(C)C)CCOCC2)Nc2ccccc2)cc1.I. The molecule has 6 heteroatoms. The number of para-hydroxylation sites is 1. The van der Waals surface area contributed by atoms with Crippen LogP contribution >= 0.6 is 24.0 Å². The van der Waals surface area contributed by atoms with Crippen LogP contribution in [0.4, 0.5) is 5.69 Å². The number of hydrogen-bond donors (Lipinski definition) is 2. The smallest absolute Gasteiger partial charge is 0.196 e. The van der Waals surface area contributed by atoms with Crippen LogP contribution in [0.15, 0.2) is 59.6 Å². The van der Waals surface area contributed by atoms with Gasteiger partial charge in [0.1, 0.15) is 0 Å². The average molecular weight is 508 g/mol. The number of benzene rings is 2. The third-order valence-electron chi connectivity index (χ3n) is 5.53. The summed E-state index contributed by atoms with van der Waals surface area (Å²) in [6.45, 7) is 5.19. The van der Waals surface area contributed by atoms with Crippen molar-refractivity contribution in [1.82, 2.24) is 10.2 Å². The monoisotopic (exact) mass is 508 g/mol. The largest absolute Gasteiger partial charge is 0.381 e. The number of rotatable bonds is 6. The van der Waals surface area contributed by atoms with Gasteiger partial charge in [-0.15, -0.1) is 24.0 Å². The molecule has 0 spiro atoms. The van der Waals surface area contributed by atoms with E-state index in [9.17, 15) is 0 Å². The van der Waals surface area contributed by atoms with Crippen molar-refractivity contribution in [1.29, 1.82) is 0 Å². The predicted molar refractivity (Wildman–Crippen MR) is 132 cm³/mol. The lowest BCUT2D eigenvalue weighted by Crippen LogP contribution is -2.56. The maximum atomic E-state index is 5.59. The quantitative estimate of drug-likeness (QED) is 0.348. The van der Waals surface area contributed by atoms with Crippen LogP contribution in [0, 0.1) is 6.92 Å². The van der Waals surface area contributed by atoms with Gasteiger partial charge in [-0.2, -0.15) is 0 Å². The molecule has 0 unspecified atom stereocenters. The minimum Gasteiger partial charge on any atom is -0.381 e. The normalized spacial score (nSPS) is 16.2. The molecule has 3 rings (SSSR count). The molecule has 1 aliphatic rings. The molecule has 1 saturated heterocycles. The Balaban J connectivity index is 0.00000300. The minimum absolute atomic E-state index is 0. The summed E-state index contributed by atoms with van der Waals surface area (Å²) in [6, 6.07) is 18.7. The fraction of sp³-hybridized carbons (Fsp3) is 0.435. The topological polar surface area (TPSA) is 48.9 Å². The van der Waals surface area contributed by atoms with E-state index < -0.39 is 0 Å². The van der Waals surface area contributed by atoms with Crippen molar-refractivity contribution in [2.75, 3.05) is 39.2 Å². The zero-order chi connectivity index (χ0) is 19.8. The number of anilines is 1. The van der Waals surface area contributed by atoms with Gasteiger partial charge in [-0.1, -0.05) is 48.0 Å². The Morgan fingerprint density at radius 1 is 1.03 bits per heavy atom. The highest BCUT2D eigenvalue weighted by molar-refractivity contribution is 14.0. The van der Waals surface area contributed by atoms with Gasteiger partial charge in [0, 0.05) is 31.0 Å². The van der Waals surface area contributed by atoms with E-state index in [0.29, 0.717) is 6.54 Å². The fourth-order valence-electron chi connectivity index (χ4n) is 3.44. The third-order valence-corrected chi connectivity index (χ3v) is 5.53. The molecule has 2 N–H and O–H groups in total. The van der Waals surface area contributed by atoms with Crippen LogP contribution in [-0.4, -0.2) is 50.3 Å². The molecule has 5 nitrogen and oxygen atoms in total. The predicted octanol–water partition coefficient (Wildman–Crippen LogP) is 4.28. The van der Waals surface area contributed by atoms with Crippen LogP contribution in [0.2, 0.25) is 0 Å². The van der Waals surface area contributed by atoms with Crippen LogP contribution in [-0.2, 0) is 11.3 Å². The Bertz CT molecular complexity index is 756. The summed E-state index contributed by atoms with van der Waals surface area (Å²) < 4.78 is 5.59. The molecule has 0 aromatic heterocycles. The van der Waals surface area contributed by atoms with Gasteiger partial charge in [0.2, 0.25) is 0 Å². The van der Waals surface area contributed by atoms with E-state index in [2.05, 4.69) is 73.0 Å². The Labute approximate surface area is 192 Å². The van der Waals surface area contributed by atoms with Crippen LogP contribution in [0.25, 0.3) is 0 Å². The number of nitrogens with one attached hydrogen (secondary N) is 2. The van der Waals surface area contributed by atoms with Crippen molar-refractivity contribution in [2.24, 2.45) is 4.99 Å². The van der Waals surface area contributed by atoms with E-state index in [0.717, 1.165) is 44.2 Å². The van der Waals surface area contributed by atoms with E-state index >= 15 is 0 Å². The van der Waals surface area contributed by atoms with Crippen LogP contribution in [0.1, 0.15) is 24.0 Å². The van der Waals surface area contributed by atoms with E-state index in [-0.39, 0.29) is 29.5 Å². The first-order chi connectivity index (χ1) is 13.6.